The largest absolute Gasteiger partial charge is 0.292 e. The second kappa shape index (κ2) is 6.41. The van der Waals surface area contributed by atoms with Crippen molar-refractivity contribution in [3.05, 3.63) is 34.3 Å². The Morgan fingerprint density at radius 2 is 2.12 bits per heavy atom. The van der Waals surface area contributed by atoms with E-state index >= 15 is 0 Å². The minimum atomic E-state index is 0.130. The van der Waals surface area contributed by atoms with Crippen LogP contribution in [0.5, 0.6) is 0 Å². The zero-order valence-corrected chi connectivity index (χ0v) is 12.9. The molecule has 0 aliphatic rings. The first-order chi connectivity index (χ1) is 7.87. The van der Waals surface area contributed by atoms with Gasteiger partial charge in [0.25, 0.3) is 0 Å². The fraction of sp³-hybridized carbons (Fsp3) is 0.429. The van der Waals surface area contributed by atoms with Crippen molar-refractivity contribution in [2.24, 2.45) is 10.4 Å². The Morgan fingerprint density at radius 3 is 2.71 bits per heavy atom. The van der Waals surface area contributed by atoms with Crippen LogP contribution in [0.15, 0.2) is 33.7 Å². The minimum absolute atomic E-state index is 0.130. The normalized spacial score (nSPS) is 12.0. The third-order valence-corrected chi connectivity index (χ3v) is 2.80. The van der Waals surface area contributed by atoms with E-state index in [9.17, 15) is 0 Å². The Morgan fingerprint density at radius 1 is 1.41 bits per heavy atom. The van der Waals surface area contributed by atoms with Crippen LogP contribution in [0.4, 0.5) is 0 Å². The lowest BCUT2D eigenvalue weighted by Gasteiger charge is -2.10. The van der Waals surface area contributed by atoms with Gasteiger partial charge in [-0.25, -0.2) is 0 Å². The molecule has 0 bridgehead atoms. The summed E-state index contributed by atoms with van der Waals surface area (Å²) in [6.07, 6.45) is 2.79. The molecule has 0 saturated carbocycles. The predicted molar refractivity (Wildman–Crippen MR) is 83.3 cm³/mol. The molecule has 0 N–H and O–H groups in total. The number of thiocarbonyl (C=S) groups is 1. The second-order valence-corrected chi connectivity index (χ2v) is 6.67. The molecule has 0 aliphatic carbocycles. The fourth-order valence-electron chi connectivity index (χ4n) is 1.35. The maximum absolute atomic E-state index is 5.34. The highest BCUT2D eigenvalue weighted by atomic mass is 79.9. The molecule has 3 heteroatoms. The monoisotopic (exact) mass is 311 g/mol. The van der Waals surface area contributed by atoms with Gasteiger partial charge in [-0.1, -0.05) is 61.1 Å². The highest BCUT2D eigenvalue weighted by molar-refractivity contribution is 9.10. The van der Waals surface area contributed by atoms with Crippen LogP contribution in [0.3, 0.4) is 0 Å². The van der Waals surface area contributed by atoms with Gasteiger partial charge in [0, 0.05) is 22.0 Å². The van der Waals surface area contributed by atoms with Gasteiger partial charge in [-0.15, -0.1) is 0 Å². The molecule has 0 radical (unpaired) electrons. The van der Waals surface area contributed by atoms with Crippen molar-refractivity contribution < 1.29 is 0 Å². The van der Waals surface area contributed by atoms with E-state index in [2.05, 4.69) is 53.8 Å². The summed E-state index contributed by atoms with van der Waals surface area (Å²) < 4.78 is 1.09. The topological polar surface area (TPSA) is 12.4 Å². The minimum Gasteiger partial charge on any atom is -0.292 e. The van der Waals surface area contributed by atoms with E-state index in [0.29, 0.717) is 6.54 Å². The van der Waals surface area contributed by atoms with Crippen molar-refractivity contribution in [2.75, 3.05) is 6.54 Å². The van der Waals surface area contributed by atoms with Crippen LogP contribution in [0.1, 0.15) is 26.3 Å². The molecule has 0 heterocycles. The summed E-state index contributed by atoms with van der Waals surface area (Å²) in [7, 11) is 0. The van der Waals surface area contributed by atoms with Crippen molar-refractivity contribution in [3.8, 4) is 0 Å². The number of halogens is 1. The summed E-state index contributed by atoms with van der Waals surface area (Å²) in [5.74, 6) is 0. The number of hydrogen-bond donors (Lipinski definition) is 0. The van der Waals surface area contributed by atoms with E-state index in [-0.39, 0.29) is 5.41 Å². The van der Waals surface area contributed by atoms with Gasteiger partial charge in [0.15, 0.2) is 0 Å². The highest BCUT2D eigenvalue weighted by Gasteiger charge is 2.05. The zero-order valence-electron chi connectivity index (χ0n) is 10.5. The summed E-state index contributed by atoms with van der Waals surface area (Å²) in [4.78, 5) is 5.36. The van der Waals surface area contributed by atoms with E-state index in [0.717, 1.165) is 15.8 Å². The molecule has 1 aromatic rings. The van der Waals surface area contributed by atoms with Gasteiger partial charge in [0.05, 0.1) is 6.54 Å². The van der Waals surface area contributed by atoms with Gasteiger partial charge in [0.2, 0.25) is 0 Å². The first-order valence-corrected chi connectivity index (χ1v) is 6.84. The smallest absolute Gasteiger partial charge is 0.0702 e. The molecule has 0 aliphatic heterocycles. The van der Waals surface area contributed by atoms with Gasteiger partial charge in [-0.3, -0.25) is 4.99 Å². The van der Waals surface area contributed by atoms with Crippen molar-refractivity contribution in [3.63, 3.8) is 0 Å². The molecule has 0 unspecified atom stereocenters. The van der Waals surface area contributed by atoms with Crippen molar-refractivity contribution in [1.29, 1.82) is 0 Å². The Hall–Kier alpha value is -0.540. The van der Waals surface area contributed by atoms with Gasteiger partial charge in [-0.05, 0) is 23.1 Å². The molecule has 0 spiro atoms. The van der Waals surface area contributed by atoms with Crippen LogP contribution in [-0.2, 0) is 6.42 Å². The first kappa shape index (κ1) is 14.5. The molecule has 0 aromatic heterocycles. The maximum atomic E-state index is 5.34. The summed E-state index contributed by atoms with van der Waals surface area (Å²) in [5.41, 5.74) is 1.36. The molecular weight excluding hydrogens is 294 g/mol. The van der Waals surface area contributed by atoms with Crippen LogP contribution in [-0.4, -0.2) is 17.6 Å². The Labute approximate surface area is 117 Å². The van der Waals surface area contributed by atoms with Crippen LogP contribution < -0.4 is 0 Å². The van der Waals surface area contributed by atoms with Gasteiger partial charge >= 0.3 is 0 Å². The molecule has 0 atom stereocenters. The third kappa shape index (κ3) is 6.69. The average Bonchev–Trinajstić information content (AvgIpc) is 2.15. The quantitative estimate of drug-likeness (QED) is 0.590. The van der Waals surface area contributed by atoms with Crippen LogP contribution in [0.2, 0.25) is 0 Å². The Bertz CT molecular complexity index is 418. The lowest BCUT2D eigenvalue weighted by molar-refractivity contribution is 0.605. The zero-order chi connectivity index (χ0) is 12.9. The number of nitrogens with zero attached hydrogens (tertiary/aromatic N) is 1. The maximum Gasteiger partial charge on any atom is 0.0702 e. The molecule has 0 saturated heterocycles. The average molecular weight is 312 g/mol. The SMILES string of the molecule is CC(C)(C)C=NCC(=S)Cc1cccc(Br)c1. The second-order valence-electron chi connectivity index (χ2n) is 5.18. The Kier molecular flexibility index (Phi) is 5.47. The number of benzene rings is 1. The number of hydrogen-bond acceptors (Lipinski definition) is 2. The van der Waals surface area contributed by atoms with Gasteiger partial charge < -0.3 is 0 Å². The predicted octanol–water partition coefficient (Wildman–Crippen LogP) is 4.48. The molecule has 0 fully saturated rings. The van der Waals surface area contributed by atoms with Gasteiger partial charge in [-0.2, -0.15) is 0 Å². The number of rotatable bonds is 4. The molecule has 1 nitrogen and oxygen atoms in total. The number of aliphatic imine (C=N–C) groups is 1. The van der Waals surface area contributed by atoms with E-state index < -0.39 is 0 Å². The van der Waals surface area contributed by atoms with E-state index in [1.54, 1.807) is 0 Å². The van der Waals surface area contributed by atoms with Crippen LogP contribution in [0, 0.1) is 5.41 Å². The fourth-order valence-corrected chi connectivity index (χ4v) is 2.04. The lowest BCUT2D eigenvalue weighted by Crippen LogP contribution is -2.09. The van der Waals surface area contributed by atoms with E-state index in [1.165, 1.54) is 5.56 Å². The van der Waals surface area contributed by atoms with E-state index in [4.69, 9.17) is 12.2 Å². The summed E-state index contributed by atoms with van der Waals surface area (Å²) in [5, 5.41) is 0. The third-order valence-electron chi connectivity index (χ3n) is 2.04. The van der Waals surface area contributed by atoms with E-state index in [1.807, 2.05) is 18.3 Å². The summed E-state index contributed by atoms with van der Waals surface area (Å²) >= 11 is 8.80. The lowest BCUT2D eigenvalue weighted by atomic mass is 9.99. The Balaban J connectivity index is 2.48. The van der Waals surface area contributed by atoms with Crippen molar-refractivity contribution >= 4 is 39.2 Å². The molecule has 92 valence electrons. The molecule has 17 heavy (non-hydrogen) atoms. The summed E-state index contributed by atoms with van der Waals surface area (Å²) in [6, 6.07) is 8.23. The van der Waals surface area contributed by atoms with Crippen molar-refractivity contribution in [1.82, 2.24) is 0 Å². The highest BCUT2D eigenvalue weighted by Crippen LogP contribution is 2.13. The standard InChI is InChI=1S/C14H18BrNS/c1-14(2,3)10-16-9-13(17)8-11-5-4-6-12(15)7-11/h4-7,10H,8-9H2,1-3H3. The van der Waals surface area contributed by atoms with Crippen LogP contribution >= 0.6 is 28.1 Å². The van der Waals surface area contributed by atoms with Crippen molar-refractivity contribution in [2.45, 2.75) is 27.2 Å². The molecular formula is C14H18BrNS. The van der Waals surface area contributed by atoms with Crippen LogP contribution in [0.25, 0.3) is 0 Å². The molecule has 0 amide bonds. The first-order valence-electron chi connectivity index (χ1n) is 5.64. The molecule has 1 rings (SSSR count). The summed E-state index contributed by atoms with van der Waals surface area (Å²) in [6.45, 7) is 7.04. The van der Waals surface area contributed by atoms with Gasteiger partial charge in [0.1, 0.15) is 0 Å². The molecule has 1 aromatic carbocycles.